The molecule has 0 aliphatic rings. The number of esters is 2. The van der Waals surface area contributed by atoms with E-state index in [0.29, 0.717) is 6.42 Å². The molecule has 0 heterocycles. The molecule has 9 heteroatoms. The van der Waals surface area contributed by atoms with E-state index in [0.717, 1.165) is 32.1 Å². The molecule has 0 radical (unpaired) electrons. The first-order valence-corrected chi connectivity index (χ1v) is 13.5. The smallest absolute Gasteiger partial charge is 0.462 e. The number of ether oxygens (including phenoxy) is 2. The average molecular weight is 479 g/mol. The van der Waals surface area contributed by atoms with E-state index in [1.807, 2.05) is 0 Å². The highest BCUT2D eigenvalue weighted by Crippen LogP contribution is 2.35. The lowest BCUT2D eigenvalue weighted by atomic mass is 10.1. The quantitative estimate of drug-likeness (QED) is 0.0946. The zero-order valence-corrected chi connectivity index (χ0v) is 20.7. The van der Waals surface area contributed by atoms with E-state index in [1.165, 1.54) is 51.9 Å². The van der Waals surface area contributed by atoms with Crippen LogP contribution in [0, 0.1) is 0 Å². The Morgan fingerprint density at radius 1 is 0.844 bits per heavy atom. The van der Waals surface area contributed by atoms with Gasteiger partial charge in [0, 0.05) is 13.3 Å². The van der Waals surface area contributed by atoms with Crippen molar-refractivity contribution in [2.75, 3.05) is 13.2 Å². The molecule has 0 saturated carbocycles. The largest absolute Gasteiger partial charge is 0.469 e. The van der Waals surface area contributed by atoms with Gasteiger partial charge >= 0.3 is 19.8 Å². The maximum Gasteiger partial charge on any atom is 0.469 e. The summed E-state index contributed by atoms with van der Waals surface area (Å²) in [5.41, 5.74) is 0. The predicted molar refractivity (Wildman–Crippen MR) is 124 cm³/mol. The second-order valence-electron chi connectivity index (χ2n) is 8.04. The van der Waals surface area contributed by atoms with E-state index in [2.05, 4.69) is 23.6 Å². The Labute approximate surface area is 193 Å². The highest BCUT2D eigenvalue weighted by atomic mass is 31.2. The fourth-order valence-corrected chi connectivity index (χ4v) is 3.45. The van der Waals surface area contributed by atoms with Gasteiger partial charge in [-0.15, -0.1) is 0 Å². The van der Waals surface area contributed by atoms with Crippen LogP contribution in [0.2, 0.25) is 0 Å². The van der Waals surface area contributed by atoms with Gasteiger partial charge in [-0.3, -0.25) is 14.1 Å². The van der Waals surface area contributed by atoms with Gasteiger partial charge in [0.15, 0.2) is 6.10 Å². The third-order valence-corrected chi connectivity index (χ3v) is 5.33. The standard InChI is InChI=1S/C23H43O8P/c1-3-4-5-6-7-8-9-10-11-12-13-14-15-16-17-18-23(25)31-22(19-29-21(2)24)20-30-32(26,27)28/h10-11,22H,3-9,12-20H2,1-2H3,(H2,26,27,28)/b11-10-. The number of rotatable bonds is 21. The average Bonchev–Trinajstić information content (AvgIpc) is 2.72. The van der Waals surface area contributed by atoms with E-state index >= 15 is 0 Å². The van der Waals surface area contributed by atoms with Crippen molar-refractivity contribution < 1.29 is 37.9 Å². The lowest BCUT2D eigenvalue weighted by Crippen LogP contribution is -2.29. The van der Waals surface area contributed by atoms with Gasteiger partial charge in [-0.2, -0.15) is 0 Å². The Kier molecular flexibility index (Phi) is 19.6. The zero-order chi connectivity index (χ0) is 24.1. The summed E-state index contributed by atoms with van der Waals surface area (Å²) < 4.78 is 25.0. The molecule has 188 valence electrons. The van der Waals surface area contributed by atoms with Gasteiger partial charge in [-0.1, -0.05) is 70.4 Å². The molecule has 0 spiro atoms. The Morgan fingerprint density at radius 3 is 1.91 bits per heavy atom. The molecule has 0 aliphatic heterocycles. The van der Waals surface area contributed by atoms with E-state index in [-0.39, 0.29) is 13.0 Å². The van der Waals surface area contributed by atoms with Crippen LogP contribution >= 0.6 is 7.82 Å². The minimum Gasteiger partial charge on any atom is -0.462 e. The minimum absolute atomic E-state index is 0.199. The molecule has 0 saturated heterocycles. The number of phosphoric acid groups is 1. The summed E-state index contributed by atoms with van der Waals surface area (Å²) in [6.45, 7) is 2.57. The van der Waals surface area contributed by atoms with Crippen LogP contribution in [0.4, 0.5) is 0 Å². The molecule has 0 aliphatic carbocycles. The van der Waals surface area contributed by atoms with Gasteiger partial charge in [0.25, 0.3) is 0 Å². The summed E-state index contributed by atoms with van der Waals surface area (Å²) >= 11 is 0. The number of phosphoric ester groups is 1. The summed E-state index contributed by atoms with van der Waals surface area (Å²) in [5.74, 6) is -1.09. The Morgan fingerprint density at radius 2 is 1.38 bits per heavy atom. The van der Waals surface area contributed by atoms with Gasteiger partial charge in [0.05, 0.1) is 6.61 Å². The van der Waals surface area contributed by atoms with Crippen molar-refractivity contribution in [3.8, 4) is 0 Å². The highest BCUT2D eigenvalue weighted by molar-refractivity contribution is 7.46. The monoisotopic (exact) mass is 478 g/mol. The lowest BCUT2D eigenvalue weighted by Gasteiger charge is -2.18. The highest BCUT2D eigenvalue weighted by Gasteiger charge is 2.22. The van der Waals surface area contributed by atoms with Crippen molar-refractivity contribution in [2.45, 2.75) is 110 Å². The maximum atomic E-state index is 11.9. The van der Waals surface area contributed by atoms with E-state index < -0.39 is 32.5 Å². The fraction of sp³-hybridized carbons (Fsp3) is 0.826. The molecule has 8 nitrogen and oxygen atoms in total. The molecule has 2 N–H and O–H groups in total. The maximum absolute atomic E-state index is 11.9. The molecule has 0 aromatic heterocycles. The summed E-state index contributed by atoms with van der Waals surface area (Å²) in [5, 5.41) is 0. The zero-order valence-electron chi connectivity index (χ0n) is 19.8. The van der Waals surface area contributed by atoms with Crippen molar-refractivity contribution in [1.29, 1.82) is 0 Å². The Bertz CT molecular complexity index is 558. The lowest BCUT2D eigenvalue weighted by molar-refractivity contribution is -0.160. The molecule has 0 aromatic rings. The van der Waals surface area contributed by atoms with Crippen molar-refractivity contribution in [2.24, 2.45) is 0 Å². The second kappa shape index (κ2) is 20.4. The topological polar surface area (TPSA) is 119 Å². The van der Waals surface area contributed by atoms with Gasteiger partial charge in [-0.25, -0.2) is 4.57 Å². The number of allylic oxidation sites excluding steroid dienone is 2. The van der Waals surface area contributed by atoms with E-state index in [9.17, 15) is 14.2 Å². The van der Waals surface area contributed by atoms with Gasteiger partial charge < -0.3 is 19.3 Å². The molecule has 32 heavy (non-hydrogen) atoms. The van der Waals surface area contributed by atoms with E-state index in [1.54, 1.807) is 0 Å². The number of unbranched alkanes of at least 4 members (excludes halogenated alkanes) is 11. The molecule has 1 atom stereocenters. The minimum atomic E-state index is -4.70. The first kappa shape index (κ1) is 30.8. The van der Waals surface area contributed by atoms with Crippen molar-refractivity contribution in [1.82, 2.24) is 0 Å². The second-order valence-corrected chi connectivity index (χ2v) is 9.27. The van der Waals surface area contributed by atoms with Crippen molar-refractivity contribution in [3.63, 3.8) is 0 Å². The molecule has 0 amide bonds. The Hall–Kier alpha value is -1.21. The third-order valence-electron chi connectivity index (χ3n) is 4.84. The van der Waals surface area contributed by atoms with E-state index in [4.69, 9.17) is 19.3 Å². The molecular weight excluding hydrogens is 435 g/mol. The number of carbonyl (C=O) groups is 2. The van der Waals surface area contributed by atoms with Crippen LogP contribution in [-0.4, -0.2) is 41.0 Å². The number of hydrogen-bond donors (Lipinski definition) is 2. The molecule has 0 aromatic carbocycles. The van der Waals surface area contributed by atoms with Crippen LogP contribution in [0.1, 0.15) is 104 Å². The summed E-state index contributed by atoms with van der Waals surface area (Å²) in [6, 6.07) is 0. The summed E-state index contributed by atoms with van der Waals surface area (Å²) in [6.07, 6.45) is 18.8. The van der Waals surface area contributed by atoms with Gasteiger partial charge in [-0.05, 0) is 32.1 Å². The van der Waals surface area contributed by atoms with Gasteiger partial charge in [0.1, 0.15) is 6.61 Å². The van der Waals surface area contributed by atoms with Crippen LogP contribution in [0.15, 0.2) is 12.2 Å². The van der Waals surface area contributed by atoms with Crippen LogP contribution in [-0.2, 0) is 28.2 Å². The SMILES string of the molecule is CCCCCCCC/C=C\CCCCCCCC(=O)OC(COC(C)=O)COP(=O)(O)O. The number of hydrogen-bond acceptors (Lipinski definition) is 6. The first-order chi connectivity index (χ1) is 15.2. The fourth-order valence-electron chi connectivity index (χ4n) is 3.09. The normalized spacial score (nSPS) is 12.8. The summed E-state index contributed by atoms with van der Waals surface area (Å²) in [4.78, 5) is 40.4. The first-order valence-electron chi connectivity index (χ1n) is 11.9. The van der Waals surface area contributed by atoms with Crippen molar-refractivity contribution >= 4 is 19.8 Å². The Balaban J connectivity index is 3.75. The third kappa shape index (κ3) is 23.5. The molecule has 0 fully saturated rings. The predicted octanol–water partition coefficient (Wildman–Crippen LogP) is 5.61. The van der Waals surface area contributed by atoms with Crippen molar-refractivity contribution in [3.05, 3.63) is 12.2 Å². The molecule has 1 unspecified atom stereocenters. The molecule has 0 rings (SSSR count). The molecule has 0 bridgehead atoms. The van der Waals surface area contributed by atoms with Crippen LogP contribution in [0.5, 0.6) is 0 Å². The number of carbonyl (C=O) groups excluding carboxylic acids is 2. The molecular formula is C23H43O8P. The summed E-state index contributed by atoms with van der Waals surface area (Å²) in [7, 11) is -4.70. The van der Waals surface area contributed by atoms with Crippen LogP contribution < -0.4 is 0 Å². The van der Waals surface area contributed by atoms with Crippen LogP contribution in [0.3, 0.4) is 0 Å². The van der Waals surface area contributed by atoms with Crippen LogP contribution in [0.25, 0.3) is 0 Å². The van der Waals surface area contributed by atoms with Gasteiger partial charge in [0.2, 0.25) is 0 Å².